The molecule has 0 bridgehead atoms. The fraction of sp³-hybridized carbons (Fsp3) is 0.120. The van der Waals surface area contributed by atoms with Crippen molar-refractivity contribution in [1.29, 1.82) is 5.26 Å². The zero-order valence-corrected chi connectivity index (χ0v) is 82.0. The highest BCUT2D eigenvalue weighted by molar-refractivity contribution is 9.10. The summed E-state index contributed by atoms with van der Waals surface area (Å²) in [6.07, 6.45) is 0.742. The predicted molar refractivity (Wildman–Crippen MR) is 529 cm³/mol. The van der Waals surface area contributed by atoms with Crippen LogP contribution in [0.3, 0.4) is 0 Å². The van der Waals surface area contributed by atoms with Crippen LogP contribution < -0.4 is 23.7 Å². The predicted octanol–water partition coefficient (Wildman–Crippen LogP) is 24.8. The number of nitrogens with zero attached hydrogens (tertiary/aromatic N) is 2. The molecule has 0 saturated carbocycles. The first kappa shape index (κ1) is 105. The molecule has 143 heavy (non-hydrogen) atoms. The Bertz CT molecular complexity index is 8100. The molecule has 1 aromatic heterocycles. The van der Waals surface area contributed by atoms with Crippen molar-refractivity contribution in [3.63, 3.8) is 0 Å². The molecule has 0 spiro atoms. The third-order valence-corrected chi connectivity index (χ3v) is 30.0. The van der Waals surface area contributed by atoms with E-state index < -0.39 is 142 Å². The summed E-state index contributed by atoms with van der Waals surface area (Å²) in [7, 11) is -18.7. The molecule has 20 nitrogen and oxygen atoms in total. The van der Waals surface area contributed by atoms with Gasteiger partial charge in [0.2, 0.25) is 0 Å². The van der Waals surface area contributed by atoms with Crippen LogP contribution >= 0.6 is 15.9 Å². The number of methoxy groups -OCH3 is 1. The number of nitriles is 1. The van der Waals surface area contributed by atoms with Crippen LogP contribution in [0.15, 0.2) is 363 Å². The second kappa shape index (κ2) is 45.8. The van der Waals surface area contributed by atoms with Crippen LogP contribution in [0.2, 0.25) is 0 Å². The van der Waals surface area contributed by atoms with Gasteiger partial charge in [0, 0.05) is 73.2 Å². The van der Waals surface area contributed by atoms with Gasteiger partial charge in [-0.3, -0.25) is 14.1 Å². The summed E-state index contributed by atoms with van der Waals surface area (Å²) in [5.41, 5.74) is 3.35. The molecule has 0 atom stereocenters. The summed E-state index contributed by atoms with van der Waals surface area (Å²) >= 11 is 3.23. The lowest BCUT2D eigenvalue weighted by molar-refractivity contribution is -0.119. The van der Waals surface area contributed by atoms with Gasteiger partial charge in [0.15, 0.2) is 56.6 Å². The second-order valence-electron chi connectivity index (χ2n) is 32.9. The maximum absolute atomic E-state index is 14.6. The van der Waals surface area contributed by atoms with E-state index in [2.05, 4.69) is 20.7 Å². The first-order valence-corrected chi connectivity index (χ1v) is 52.1. The number of aromatic nitrogens is 1. The maximum Gasteiger partial charge on any atom is 0.419 e. The number of halogens is 10. The highest BCUT2D eigenvalue weighted by Crippen LogP contribution is 2.41. The minimum atomic E-state index is -4.25. The molecular formula is C108H85BrF9N3O17S5. The van der Waals surface area contributed by atoms with Gasteiger partial charge in [0.05, 0.1) is 51.8 Å². The molecule has 35 heteroatoms. The van der Waals surface area contributed by atoms with Crippen LogP contribution in [0, 0.1) is 63.7 Å². The molecule has 15 aromatic carbocycles. The molecule has 0 radical (unpaired) electrons. The van der Waals surface area contributed by atoms with E-state index in [9.17, 15) is 91.2 Å². The highest BCUT2D eigenvalue weighted by atomic mass is 79.9. The smallest absolute Gasteiger partial charge is 0.419 e. The Morgan fingerprint density at radius 1 is 0.406 bits per heavy atom. The number of sulfone groups is 4. The summed E-state index contributed by atoms with van der Waals surface area (Å²) in [4.78, 5) is 23.2. The number of hydrogen-bond acceptors (Lipinski definition) is 18. The van der Waals surface area contributed by atoms with E-state index in [1.54, 1.807) is 178 Å². The fourth-order valence-corrected chi connectivity index (χ4v) is 22.4. The summed E-state index contributed by atoms with van der Waals surface area (Å²) in [6, 6.07) is 84.1. The largest absolute Gasteiger partial charge is 0.495 e. The second-order valence-corrected chi connectivity index (χ2v) is 43.3. The molecule has 17 rings (SSSR count). The molecule has 1 aliphatic heterocycles. The molecule has 0 unspecified atom stereocenters. The van der Waals surface area contributed by atoms with Gasteiger partial charge in [-0.1, -0.05) is 210 Å². The normalized spacial score (nSPS) is 11.8. The number of benzene rings is 15. The van der Waals surface area contributed by atoms with E-state index in [4.69, 9.17) is 28.9 Å². The van der Waals surface area contributed by atoms with E-state index in [1.165, 1.54) is 93.0 Å². The van der Waals surface area contributed by atoms with E-state index in [-0.39, 0.29) is 111 Å². The van der Waals surface area contributed by atoms with Crippen LogP contribution in [0.5, 0.6) is 23.0 Å². The zero-order valence-electron chi connectivity index (χ0n) is 76.4. The van der Waals surface area contributed by atoms with Crippen molar-refractivity contribution in [1.82, 2.24) is 4.57 Å². The molecule has 1 N–H and O–H groups in total. The van der Waals surface area contributed by atoms with Crippen molar-refractivity contribution >= 4 is 93.8 Å². The summed E-state index contributed by atoms with van der Waals surface area (Å²) in [5.74, 6) is -9.35. The van der Waals surface area contributed by atoms with Crippen molar-refractivity contribution in [3.8, 4) is 84.7 Å². The van der Waals surface area contributed by atoms with Crippen molar-refractivity contribution in [3.05, 3.63) is 418 Å². The van der Waals surface area contributed by atoms with Gasteiger partial charge in [-0.05, 0) is 182 Å². The van der Waals surface area contributed by atoms with E-state index in [0.717, 1.165) is 45.5 Å². The van der Waals surface area contributed by atoms with Gasteiger partial charge in [-0.25, -0.2) is 86.4 Å². The van der Waals surface area contributed by atoms with E-state index in [0.29, 0.717) is 62.7 Å². The van der Waals surface area contributed by atoms with Crippen LogP contribution in [0.1, 0.15) is 55.5 Å². The Balaban J connectivity index is 0.000000150. The lowest BCUT2D eigenvalue weighted by Crippen LogP contribution is -2.27. The number of sulfonamides is 1. The van der Waals surface area contributed by atoms with Gasteiger partial charge in [0.1, 0.15) is 115 Å². The summed E-state index contributed by atoms with van der Waals surface area (Å²) < 4.78 is 288. The molecule has 0 aliphatic carbocycles. The van der Waals surface area contributed by atoms with Gasteiger partial charge in [0.25, 0.3) is 10.0 Å². The van der Waals surface area contributed by atoms with Gasteiger partial charge >= 0.3 is 6.09 Å². The molecule has 0 saturated heterocycles. The number of para-hydroxylation sites is 3. The average Bonchev–Trinajstić information content (AvgIpc) is 1.63. The van der Waals surface area contributed by atoms with Crippen LogP contribution in [0.25, 0.3) is 66.5 Å². The number of Topliss-reactive ketones (excluding diaryl/α,β-unsaturated/α-hetero) is 1. The number of hydrogen-bond donors (Lipinski definition) is 1. The maximum atomic E-state index is 14.6. The Kier molecular flexibility index (Phi) is 33.7. The number of rotatable bonds is 24. The quantitative estimate of drug-likeness (QED) is 0.0434. The molecule has 16 aromatic rings. The number of ketones is 1. The lowest BCUT2D eigenvalue weighted by atomic mass is 10.0. The Hall–Kier alpha value is -14.9. The number of nitrogens with one attached hydrogen (secondary N) is 1. The van der Waals surface area contributed by atoms with Crippen LogP contribution in [-0.4, -0.2) is 91.1 Å². The SMILES string of the molecule is CC(=O)COc1ccccc1S(=O)(=O)Cc1cc(-c2ccccc2)ccc1F.CC(C)(C)OC(=O)n1ccc2cccc(S(=O)(=O)Nc3cc(-c4ccccc4)ccc3F)c21.COc1ccc(Br)cc1S(=O)(=O)Cc1cc(-c2ccccc2)c(F)cc1F.N#Cc1cc(S(=O)(=O)Cc2cc(-c3ccccc3)c(F)cc2F)ccc1F.O=S(=O)(Cc1cc(-c2ccccc2)c(F)cc1F)c1cccc2c1OCCO2. The fourth-order valence-electron chi connectivity index (χ4n) is 14.7. The molecule has 734 valence electrons. The number of carbonyl (C=O) groups excluding carboxylic acids is 2. The van der Waals surface area contributed by atoms with Gasteiger partial charge in [-0.2, -0.15) is 5.26 Å². The van der Waals surface area contributed by atoms with Crippen molar-refractivity contribution in [2.45, 2.75) is 80.8 Å². The topological polar surface area (TPSA) is 292 Å². The third-order valence-electron chi connectivity index (χ3n) is 21.4. The Morgan fingerprint density at radius 3 is 1.34 bits per heavy atom. The zero-order chi connectivity index (χ0) is 103. The lowest BCUT2D eigenvalue weighted by Gasteiger charge is -2.21. The average molecular weight is 2110 g/mol. The molecule has 0 fully saturated rings. The molecule has 0 amide bonds. The molecular weight excluding hydrogens is 2020 g/mol. The van der Waals surface area contributed by atoms with Crippen LogP contribution in [0.4, 0.5) is 50.0 Å². The number of anilines is 1. The minimum absolute atomic E-state index is 0.0654. The third kappa shape index (κ3) is 26.7. The summed E-state index contributed by atoms with van der Waals surface area (Å²) in [5, 5.41) is 9.38. The summed E-state index contributed by atoms with van der Waals surface area (Å²) in [6.45, 7) is 6.83. The first-order chi connectivity index (χ1) is 68.0. The van der Waals surface area contributed by atoms with Crippen molar-refractivity contribution in [2.75, 3.05) is 31.7 Å². The number of fused-ring (bicyclic) bond motifs is 2. The van der Waals surface area contributed by atoms with Crippen molar-refractivity contribution in [2.24, 2.45) is 0 Å². The van der Waals surface area contributed by atoms with Crippen LogP contribution in [-0.2, 0) is 81.9 Å². The Morgan fingerprint density at radius 2 is 0.839 bits per heavy atom. The van der Waals surface area contributed by atoms with Crippen molar-refractivity contribution < 1.29 is 115 Å². The first-order valence-electron chi connectivity index (χ1n) is 43.2. The molecule has 2 heterocycles. The van der Waals surface area contributed by atoms with E-state index in [1.807, 2.05) is 60.7 Å². The highest BCUT2D eigenvalue weighted by Gasteiger charge is 2.32. The number of ether oxygens (including phenoxy) is 5. The van der Waals surface area contributed by atoms with Gasteiger partial charge in [-0.15, -0.1) is 0 Å². The van der Waals surface area contributed by atoms with E-state index >= 15 is 0 Å². The number of carbonyl (C=O) groups is 2. The standard InChI is InChI=1S/C25H23FN2O4S.C22H19FO4S.C21H16F2O4S.C20H15BrF2O3S.C20H12F3NO2S/c1-25(2,3)32-24(29)28-15-14-18-10-7-11-22(23(18)28)33(30,31)27-21-16-19(12-13-20(21)26)17-8-5-4-6-9-17;1-16(24)14-27-21-9-5-6-10-22(21)28(25,26)15-19-13-18(11-12-20(19)23)17-7-3-2-4-8-17;22-17-12-18(23)16(14-5-2-1-3-6-14)11-15(17)13-28(24,25)20-8-4-7-19-21(20)27-10-9-26-19;1-26-19-8-7-15(21)10-20(19)27(24,25)12-14-9-16(18(23)11-17(14)22)13-5-3-2-4-6-13;21-18-7-6-16(8-14(18)11-24)27(25,26)12-15-9-17(20(23)10-19(15)22)13-4-2-1-3-5-13/h4-16,27H,1-3H3;2-13H,14-15H2,1H3;1-8,11-12H,9-10,13H2;2-11H,12H2,1H3;1-10H,12H2. The Labute approximate surface area is 828 Å². The minimum Gasteiger partial charge on any atom is -0.495 e. The monoisotopic (exact) mass is 2110 g/mol. The van der Waals surface area contributed by atoms with Gasteiger partial charge < -0.3 is 23.7 Å². The molecule has 1 aliphatic rings.